The van der Waals surface area contributed by atoms with Gasteiger partial charge in [0.15, 0.2) is 18.1 Å². The van der Waals surface area contributed by atoms with Crippen LogP contribution in [0.4, 0.5) is 0 Å². The normalized spacial score (nSPS) is 21.8. The summed E-state index contributed by atoms with van der Waals surface area (Å²) in [6, 6.07) is 12.5. The van der Waals surface area contributed by atoms with Crippen molar-refractivity contribution in [1.29, 1.82) is 0 Å². The Hall–Kier alpha value is -3.22. The van der Waals surface area contributed by atoms with Crippen molar-refractivity contribution in [2.45, 2.75) is 45.7 Å². The molecule has 2 amide bonds. The maximum atomic E-state index is 13.4. The van der Waals surface area contributed by atoms with Gasteiger partial charge in [0.1, 0.15) is 5.75 Å². The predicted octanol–water partition coefficient (Wildman–Crippen LogP) is 3.75. The molecule has 32 heavy (non-hydrogen) atoms. The maximum absolute atomic E-state index is 13.4. The monoisotopic (exact) mass is 438 g/mol. The molecule has 0 saturated heterocycles. The molecular weight excluding hydrogens is 408 g/mol. The van der Waals surface area contributed by atoms with Crippen LogP contribution in [0.5, 0.6) is 17.2 Å². The van der Waals surface area contributed by atoms with Crippen LogP contribution in [0.2, 0.25) is 0 Å². The Balaban J connectivity index is 1.52. The third kappa shape index (κ3) is 4.82. The van der Waals surface area contributed by atoms with Gasteiger partial charge in [-0.2, -0.15) is 0 Å². The lowest BCUT2D eigenvalue weighted by atomic mass is 9.77. The van der Waals surface area contributed by atoms with Crippen molar-refractivity contribution in [3.8, 4) is 17.2 Å². The molecule has 7 heteroatoms. The number of ether oxygens (including phenoxy) is 3. The minimum absolute atomic E-state index is 0.0851. The smallest absolute Gasteiger partial charge is 0.261 e. The van der Waals surface area contributed by atoms with Gasteiger partial charge in [0.25, 0.3) is 5.91 Å². The molecule has 2 aliphatic rings. The molecule has 170 valence electrons. The molecular formula is C25H30N2O5. The molecule has 1 aliphatic heterocycles. The first kappa shape index (κ1) is 22.0. The van der Waals surface area contributed by atoms with E-state index in [9.17, 15) is 9.59 Å². The van der Waals surface area contributed by atoms with E-state index in [-0.39, 0.29) is 25.3 Å². The number of carbonyl (C=O) groups is 2. The largest absolute Gasteiger partial charge is 0.484 e. The molecule has 2 N–H and O–H groups in total. The first-order valence-corrected chi connectivity index (χ1v) is 11.1. The van der Waals surface area contributed by atoms with E-state index in [4.69, 9.17) is 19.9 Å². The Kier molecular flexibility index (Phi) is 6.53. The number of fused-ring (bicyclic) bond motifs is 1. The Morgan fingerprint density at radius 3 is 2.72 bits per heavy atom. The Bertz CT molecular complexity index is 992. The molecule has 4 rings (SSSR count). The molecule has 1 aliphatic carbocycles. The van der Waals surface area contributed by atoms with Gasteiger partial charge in [-0.25, -0.2) is 0 Å². The quantitative estimate of drug-likeness (QED) is 0.711. The van der Waals surface area contributed by atoms with Crippen molar-refractivity contribution in [1.82, 2.24) is 4.90 Å². The third-order valence-corrected chi connectivity index (χ3v) is 6.66. The Labute approximate surface area is 188 Å². The molecule has 2 aromatic carbocycles. The van der Waals surface area contributed by atoms with Gasteiger partial charge in [0.05, 0.1) is 0 Å². The second-order valence-corrected chi connectivity index (χ2v) is 8.72. The average molecular weight is 439 g/mol. The topological polar surface area (TPSA) is 91.1 Å². The van der Waals surface area contributed by atoms with Gasteiger partial charge in [-0.1, -0.05) is 38.8 Å². The summed E-state index contributed by atoms with van der Waals surface area (Å²) in [6.45, 7) is 5.07. The van der Waals surface area contributed by atoms with Gasteiger partial charge in [0, 0.05) is 18.2 Å². The van der Waals surface area contributed by atoms with Crippen LogP contribution in [0.3, 0.4) is 0 Å². The van der Waals surface area contributed by atoms with Crippen LogP contribution < -0.4 is 19.9 Å². The van der Waals surface area contributed by atoms with Crippen LogP contribution in [-0.4, -0.2) is 36.2 Å². The maximum Gasteiger partial charge on any atom is 0.261 e. The number of hydrogen-bond donors (Lipinski definition) is 1. The van der Waals surface area contributed by atoms with Crippen molar-refractivity contribution in [2.24, 2.45) is 17.6 Å². The van der Waals surface area contributed by atoms with Gasteiger partial charge in [-0.3, -0.25) is 9.59 Å². The number of carbonyl (C=O) groups excluding carboxylic acids is 2. The number of primary amides is 1. The lowest BCUT2D eigenvalue weighted by molar-refractivity contribution is -0.139. The summed E-state index contributed by atoms with van der Waals surface area (Å²) in [5.74, 6) is 2.20. The van der Waals surface area contributed by atoms with Crippen LogP contribution in [0.15, 0.2) is 42.5 Å². The molecule has 3 atom stereocenters. The molecule has 1 heterocycles. The zero-order chi connectivity index (χ0) is 22.7. The molecule has 0 aromatic heterocycles. The summed E-state index contributed by atoms with van der Waals surface area (Å²) < 4.78 is 16.7. The van der Waals surface area contributed by atoms with Crippen LogP contribution in [0.25, 0.3) is 0 Å². The number of amides is 2. The van der Waals surface area contributed by atoms with Crippen molar-refractivity contribution >= 4 is 11.8 Å². The van der Waals surface area contributed by atoms with Crippen LogP contribution in [0, 0.1) is 11.8 Å². The summed E-state index contributed by atoms with van der Waals surface area (Å²) in [5, 5.41) is 0. The molecule has 1 saturated carbocycles. The SMILES string of the molecule is CC1CCCC(N(Cc2ccc3c(c2)OCO3)C(=O)COc2cccc(C(N)=O)c2)C1C. The van der Waals surface area contributed by atoms with Crippen LogP contribution >= 0.6 is 0 Å². The molecule has 0 bridgehead atoms. The van der Waals surface area contributed by atoms with E-state index >= 15 is 0 Å². The minimum Gasteiger partial charge on any atom is -0.484 e. The molecule has 0 spiro atoms. The summed E-state index contributed by atoms with van der Waals surface area (Å²) >= 11 is 0. The number of nitrogens with zero attached hydrogens (tertiary/aromatic N) is 1. The molecule has 0 radical (unpaired) electrons. The van der Waals surface area contributed by atoms with Crippen LogP contribution in [0.1, 0.15) is 49.0 Å². The number of rotatable bonds is 7. The van der Waals surface area contributed by atoms with Gasteiger partial charge in [-0.15, -0.1) is 0 Å². The fraction of sp³-hybridized carbons (Fsp3) is 0.440. The van der Waals surface area contributed by atoms with E-state index in [0.29, 0.717) is 35.4 Å². The van der Waals surface area contributed by atoms with E-state index in [1.807, 2.05) is 23.1 Å². The number of hydrogen-bond acceptors (Lipinski definition) is 5. The Morgan fingerprint density at radius 1 is 1.09 bits per heavy atom. The fourth-order valence-corrected chi connectivity index (χ4v) is 4.59. The molecule has 3 unspecified atom stereocenters. The summed E-state index contributed by atoms with van der Waals surface area (Å²) in [5.41, 5.74) is 6.69. The van der Waals surface area contributed by atoms with Gasteiger partial charge in [0.2, 0.25) is 12.7 Å². The molecule has 1 fully saturated rings. The zero-order valence-corrected chi connectivity index (χ0v) is 18.6. The van der Waals surface area contributed by atoms with E-state index in [2.05, 4.69) is 13.8 Å². The summed E-state index contributed by atoms with van der Waals surface area (Å²) in [6.07, 6.45) is 3.25. The highest BCUT2D eigenvalue weighted by Gasteiger charge is 2.34. The van der Waals surface area contributed by atoms with E-state index in [1.54, 1.807) is 24.3 Å². The zero-order valence-electron chi connectivity index (χ0n) is 18.6. The highest BCUT2D eigenvalue weighted by Crippen LogP contribution is 2.36. The lowest BCUT2D eigenvalue weighted by Gasteiger charge is -2.41. The predicted molar refractivity (Wildman–Crippen MR) is 120 cm³/mol. The second kappa shape index (κ2) is 9.51. The first-order valence-electron chi connectivity index (χ1n) is 11.1. The fourth-order valence-electron chi connectivity index (χ4n) is 4.59. The van der Waals surface area contributed by atoms with Gasteiger partial charge < -0.3 is 24.8 Å². The third-order valence-electron chi connectivity index (χ3n) is 6.66. The van der Waals surface area contributed by atoms with Crippen molar-refractivity contribution < 1.29 is 23.8 Å². The highest BCUT2D eigenvalue weighted by atomic mass is 16.7. The van der Waals surface area contributed by atoms with E-state index in [1.165, 1.54) is 6.42 Å². The van der Waals surface area contributed by atoms with E-state index in [0.717, 1.165) is 24.2 Å². The highest BCUT2D eigenvalue weighted by molar-refractivity contribution is 5.93. The van der Waals surface area contributed by atoms with Crippen molar-refractivity contribution in [3.63, 3.8) is 0 Å². The van der Waals surface area contributed by atoms with Crippen molar-refractivity contribution in [3.05, 3.63) is 53.6 Å². The van der Waals surface area contributed by atoms with Crippen LogP contribution in [-0.2, 0) is 11.3 Å². The molecule has 2 aromatic rings. The van der Waals surface area contributed by atoms with Gasteiger partial charge >= 0.3 is 0 Å². The molecule has 7 nitrogen and oxygen atoms in total. The Morgan fingerprint density at radius 2 is 1.91 bits per heavy atom. The van der Waals surface area contributed by atoms with Crippen molar-refractivity contribution in [2.75, 3.05) is 13.4 Å². The lowest BCUT2D eigenvalue weighted by Crippen LogP contribution is -2.48. The van der Waals surface area contributed by atoms with Gasteiger partial charge in [-0.05, 0) is 54.2 Å². The second-order valence-electron chi connectivity index (χ2n) is 8.72. The minimum atomic E-state index is -0.531. The summed E-state index contributed by atoms with van der Waals surface area (Å²) in [4.78, 5) is 26.7. The standard InChI is InChI=1S/C25H30N2O5/c1-16-5-3-8-21(17(16)2)27(13-18-9-10-22-23(11-18)32-15-31-22)24(28)14-30-20-7-4-6-19(12-20)25(26)29/h4,6-7,9-12,16-17,21H,3,5,8,13-15H2,1-2H3,(H2,26,29). The number of nitrogens with two attached hydrogens (primary N) is 1. The average Bonchev–Trinajstić information content (AvgIpc) is 3.26. The summed E-state index contributed by atoms with van der Waals surface area (Å²) in [7, 11) is 0. The number of benzene rings is 2. The first-order chi connectivity index (χ1) is 15.4. The van der Waals surface area contributed by atoms with E-state index < -0.39 is 5.91 Å².